The molecule has 0 spiro atoms. The molecule has 0 atom stereocenters. The van der Waals surface area contributed by atoms with Gasteiger partial charge in [0.2, 0.25) is 0 Å². The maximum atomic E-state index is 5.64. The fourth-order valence-corrected chi connectivity index (χ4v) is 2.52. The Hall–Kier alpha value is -2.51. The summed E-state index contributed by atoms with van der Waals surface area (Å²) in [6, 6.07) is 8.03. The molecule has 0 saturated carbocycles. The monoisotopic (exact) mass is 324 g/mol. The minimum Gasteiger partial charge on any atom is -0.494 e. The van der Waals surface area contributed by atoms with Crippen molar-refractivity contribution in [2.24, 2.45) is 5.73 Å². The number of rotatable bonds is 5. The van der Waals surface area contributed by atoms with Crippen molar-refractivity contribution >= 4 is 11.3 Å². The zero-order chi connectivity index (χ0) is 16.5. The summed E-state index contributed by atoms with van der Waals surface area (Å²) in [5, 5.41) is 2.95. The molecular weight excluding hydrogens is 304 g/mol. The summed E-state index contributed by atoms with van der Waals surface area (Å²) in [6.07, 6.45) is 6.24. The van der Waals surface area contributed by atoms with Gasteiger partial charge in [-0.1, -0.05) is 30.2 Å². The molecule has 0 aliphatic heterocycles. The predicted molar refractivity (Wildman–Crippen MR) is 96.5 cm³/mol. The fourth-order valence-electron chi connectivity index (χ4n) is 1.98. The minimum absolute atomic E-state index is 0.660. The van der Waals surface area contributed by atoms with Crippen LogP contribution in [0.4, 0.5) is 0 Å². The average Bonchev–Trinajstić information content (AvgIpc) is 2.98. The van der Waals surface area contributed by atoms with Gasteiger partial charge in [0.1, 0.15) is 11.4 Å². The fraction of sp³-hybridized carbons (Fsp3) is 0.211. The van der Waals surface area contributed by atoms with E-state index in [9.17, 15) is 0 Å². The lowest BCUT2D eigenvalue weighted by atomic mass is 10.1. The lowest BCUT2D eigenvalue weighted by Crippen LogP contribution is -1.95. The molecule has 0 radical (unpaired) electrons. The van der Waals surface area contributed by atoms with Crippen molar-refractivity contribution in [2.75, 3.05) is 6.61 Å². The quantitative estimate of drug-likeness (QED) is 0.671. The van der Waals surface area contributed by atoms with Crippen LogP contribution in [-0.2, 0) is 6.42 Å². The van der Waals surface area contributed by atoms with Crippen LogP contribution in [0, 0.1) is 18.8 Å². The first-order valence-corrected chi connectivity index (χ1v) is 8.34. The van der Waals surface area contributed by atoms with Crippen LogP contribution in [0.25, 0.3) is 0 Å². The van der Waals surface area contributed by atoms with Gasteiger partial charge in [-0.25, -0.2) is 4.98 Å². The molecule has 4 heteroatoms. The Morgan fingerprint density at radius 3 is 2.91 bits per heavy atom. The van der Waals surface area contributed by atoms with Crippen LogP contribution in [0.3, 0.4) is 0 Å². The second-order valence-corrected chi connectivity index (χ2v) is 5.83. The highest BCUT2D eigenvalue weighted by molar-refractivity contribution is 7.09. The summed E-state index contributed by atoms with van der Waals surface area (Å²) >= 11 is 1.59. The molecule has 1 aromatic carbocycles. The third-order valence-electron chi connectivity index (χ3n) is 3.04. The molecule has 23 heavy (non-hydrogen) atoms. The summed E-state index contributed by atoms with van der Waals surface area (Å²) in [7, 11) is 0. The Bertz CT molecular complexity index is 763. The Kier molecular flexibility index (Phi) is 6.46. The molecule has 0 aliphatic rings. The van der Waals surface area contributed by atoms with E-state index in [1.807, 2.05) is 49.6 Å². The van der Waals surface area contributed by atoms with E-state index in [4.69, 9.17) is 10.5 Å². The molecule has 2 rings (SSSR count). The van der Waals surface area contributed by atoms with Gasteiger partial charge in [0.15, 0.2) is 0 Å². The average molecular weight is 324 g/mol. The number of benzene rings is 1. The molecule has 0 fully saturated rings. The maximum absolute atomic E-state index is 5.64. The van der Waals surface area contributed by atoms with Gasteiger partial charge in [0.25, 0.3) is 0 Å². The van der Waals surface area contributed by atoms with Gasteiger partial charge in [-0.05, 0) is 43.9 Å². The lowest BCUT2D eigenvalue weighted by Gasteiger charge is -2.07. The number of ether oxygens (including phenoxy) is 1. The number of para-hydroxylation sites is 1. The third-order valence-corrected chi connectivity index (χ3v) is 3.81. The van der Waals surface area contributed by atoms with Crippen molar-refractivity contribution in [3.63, 3.8) is 0 Å². The number of allylic oxidation sites excluding steroid dienone is 3. The Morgan fingerprint density at radius 1 is 1.39 bits per heavy atom. The first kappa shape index (κ1) is 16.9. The van der Waals surface area contributed by atoms with Crippen LogP contribution in [0.2, 0.25) is 0 Å². The molecule has 0 saturated heterocycles. The summed E-state index contributed by atoms with van der Waals surface area (Å²) in [4.78, 5) is 4.31. The molecule has 1 aromatic heterocycles. The molecule has 0 aliphatic carbocycles. The Labute approximate surface area is 141 Å². The van der Waals surface area contributed by atoms with Crippen molar-refractivity contribution in [3.8, 4) is 17.6 Å². The first-order valence-electron chi connectivity index (χ1n) is 7.46. The van der Waals surface area contributed by atoms with Gasteiger partial charge in [-0.2, -0.15) is 0 Å². The maximum Gasteiger partial charge on any atom is 0.124 e. The molecular formula is C19H20N2OS. The normalized spacial score (nSPS) is 11.3. The van der Waals surface area contributed by atoms with E-state index in [0.717, 1.165) is 34.0 Å². The lowest BCUT2D eigenvalue weighted by molar-refractivity contribution is 0.337. The Morgan fingerprint density at radius 2 is 2.22 bits per heavy atom. The molecule has 0 unspecified atom stereocenters. The van der Waals surface area contributed by atoms with E-state index in [1.165, 1.54) is 6.20 Å². The Balaban J connectivity index is 2.03. The predicted octanol–water partition coefficient (Wildman–Crippen LogP) is 3.84. The number of nitrogens with zero attached hydrogens (tertiary/aromatic N) is 1. The second kappa shape index (κ2) is 8.82. The number of aromatic nitrogens is 1. The summed E-state index contributed by atoms with van der Waals surface area (Å²) in [5.74, 6) is 6.98. The van der Waals surface area contributed by atoms with Crippen molar-refractivity contribution < 1.29 is 4.74 Å². The smallest absolute Gasteiger partial charge is 0.124 e. The molecule has 2 N–H and O–H groups in total. The van der Waals surface area contributed by atoms with Crippen LogP contribution in [0.1, 0.15) is 23.2 Å². The van der Waals surface area contributed by atoms with Gasteiger partial charge < -0.3 is 10.5 Å². The highest BCUT2D eigenvalue weighted by atomic mass is 32.1. The molecule has 3 nitrogen and oxygen atoms in total. The van der Waals surface area contributed by atoms with Crippen molar-refractivity contribution in [3.05, 3.63) is 69.8 Å². The van der Waals surface area contributed by atoms with E-state index in [-0.39, 0.29) is 0 Å². The van der Waals surface area contributed by atoms with E-state index >= 15 is 0 Å². The van der Waals surface area contributed by atoms with Crippen LogP contribution < -0.4 is 10.5 Å². The summed E-state index contributed by atoms with van der Waals surface area (Å²) in [5.41, 5.74) is 8.33. The van der Waals surface area contributed by atoms with Crippen LogP contribution in [0.5, 0.6) is 5.75 Å². The van der Waals surface area contributed by atoms with E-state index < -0.39 is 0 Å². The molecule has 2 aromatic rings. The topological polar surface area (TPSA) is 48.1 Å². The number of hydrogen-bond donors (Lipinski definition) is 1. The van der Waals surface area contributed by atoms with E-state index in [2.05, 4.69) is 22.9 Å². The number of hydrogen-bond acceptors (Lipinski definition) is 4. The van der Waals surface area contributed by atoms with Crippen molar-refractivity contribution in [1.82, 2.24) is 4.98 Å². The summed E-state index contributed by atoms with van der Waals surface area (Å²) < 4.78 is 5.62. The highest BCUT2D eigenvalue weighted by Crippen LogP contribution is 2.18. The van der Waals surface area contributed by atoms with Gasteiger partial charge >= 0.3 is 0 Å². The molecule has 0 amide bonds. The van der Waals surface area contributed by atoms with Crippen LogP contribution in [0.15, 0.2) is 53.6 Å². The number of nitrogens with two attached hydrogens (primary N) is 1. The zero-order valence-corrected chi connectivity index (χ0v) is 14.2. The molecule has 118 valence electrons. The summed E-state index contributed by atoms with van der Waals surface area (Å²) in [6.45, 7) is 4.61. The van der Waals surface area contributed by atoms with Crippen LogP contribution in [-0.4, -0.2) is 11.6 Å². The largest absolute Gasteiger partial charge is 0.494 e. The minimum atomic E-state index is 0.660. The van der Waals surface area contributed by atoms with Gasteiger partial charge in [0.05, 0.1) is 11.6 Å². The van der Waals surface area contributed by atoms with E-state index in [1.54, 1.807) is 11.3 Å². The zero-order valence-electron chi connectivity index (χ0n) is 13.4. The van der Waals surface area contributed by atoms with E-state index in [0.29, 0.717) is 6.61 Å². The standard InChI is InChI=1S/C19H20N2OS/c1-3-22-19-10-5-4-8-17(19)9-6-7-16(13-20)11-12-18-14-23-15(2)21-18/h4-8,10,13-14H,3,9,20H2,1-2H3/b7-6-,16-13+. The third kappa shape index (κ3) is 5.32. The van der Waals surface area contributed by atoms with Crippen LogP contribution >= 0.6 is 11.3 Å². The molecule has 0 bridgehead atoms. The van der Waals surface area contributed by atoms with Gasteiger partial charge in [-0.3, -0.25) is 0 Å². The highest BCUT2D eigenvalue weighted by Gasteiger charge is 1.99. The second-order valence-electron chi connectivity index (χ2n) is 4.77. The van der Waals surface area contributed by atoms with Gasteiger partial charge in [-0.15, -0.1) is 11.3 Å². The van der Waals surface area contributed by atoms with Gasteiger partial charge in [0, 0.05) is 17.2 Å². The van der Waals surface area contributed by atoms with Crippen molar-refractivity contribution in [1.29, 1.82) is 0 Å². The van der Waals surface area contributed by atoms with Crippen molar-refractivity contribution in [2.45, 2.75) is 20.3 Å². The first-order chi connectivity index (χ1) is 11.2. The number of thiazole rings is 1. The number of aryl methyl sites for hydroxylation is 1. The molecule has 1 heterocycles. The SMILES string of the molecule is CCOc1ccccc1C/C=C\C(C#Cc1csc(C)n1)=C/N.